The third-order valence-electron chi connectivity index (χ3n) is 4.24. The number of halogens is 6. The lowest BCUT2D eigenvalue weighted by molar-refractivity contribution is -0.274. The van der Waals surface area contributed by atoms with Gasteiger partial charge in [0, 0.05) is 5.56 Å². The minimum Gasteiger partial charge on any atom is -0.496 e. The van der Waals surface area contributed by atoms with Gasteiger partial charge in [0.2, 0.25) is 0 Å². The van der Waals surface area contributed by atoms with E-state index in [1.54, 1.807) is 0 Å². The number of nitrogens with zero attached hydrogens (tertiary/aromatic N) is 1. The van der Waals surface area contributed by atoms with Gasteiger partial charge in [-0.15, -0.1) is 13.2 Å². The van der Waals surface area contributed by atoms with Crippen molar-refractivity contribution in [1.29, 1.82) is 0 Å². The lowest BCUT2D eigenvalue weighted by Crippen LogP contribution is -2.25. The largest absolute Gasteiger partial charge is 0.573 e. The van der Waals surface area contributed by atoms with Crippen molar-refractivity contribution >= 4 is 5.91 Å². The summed E-state index contributed by atoms with van der Waals surface area (Å²) in [4.78, 5) is 12.3. The van der Waals surface area contributed by atoms with Gasteiger partial charge < -0.3 is 14.8 Å². The molecule has 3 rings (SSSR count). The summed E-state index contributed by atoms with van der Waals surface area (Å²) in [5.74, 6) is -1.37. The molecule has 2 aromatic carbocycles. The Kier molecular flexibility index (Phi) is 6.32. The summed E-state index contributed by atoms with van der Waals surface area (Å²) in [5, 5.41) is 8.87. The average Bonchev–Trinajstić information content (AvgIpc) is 3.19. The Bertz CT molecular complexity index is 1110. The van der Waals surface area contributed by atoms with Crippen LogP contribution in [0.5, 0.6) is 11.5 Å². The molecule has 0 fully saturated rings. The van der Waals surface area contributed by atoms with Gasteiger partial charge in [0.25, 0.3) is 5.91 Å². The van der Waals surface area contributed by atoms with Crippen LogP contribution in [0.1, 0.15) is 21.6 Å². The molecule has 0 aliphatic heterocycles. The maximum Gasteiger partial charge on any atom is 0.573 e. The van der Waals surface area contributed by atoms with E-state index in [0.717, 1.165) is 30.3 Å². The summed E-state index contributed by atoms with van der Waals surface area (Å²) in [7, 11) is 1.30. The van der Waals surface area contributed by atoms with E-state index >= 15 is 0 Å². The van der Waals surface area contributed by atoms with Gasteiger partial charge >= 0.3 is 12.5 Å². The fourth-order valence-electron chi connectivity index (χ4n) is 2.82. The highest BCUT2D eigenvalue weighted by atomic mass is 19.4. The Morgan fingerprint density at radius 3 is 2.41 bits per heavy atom. The van der Waals surface area contributed by atoms with Gasteiger partial charge in [-0.25, -0.2) is 0 Å². The molecular formula is C20H15F6N3O3. The van der Waals surface area contributed by atoms with Gasteiger partial charge in [-0.3, -0.25) is 9.89 Å². The minimum absolute atomic E-state index is 0.0938. The number of hydrogen-bond donors (Lipinski definition) is 2. The summed E-state index contributed by atoms with van der Waals surface area (Å²) in [6.45, 7) is -0.211. The van der Waals surface area contributed by atoms with Gasteiger partial charge in [0.1, 0.15) is 11.5 Å². The molecule has 12 heteroatoms. The molecule has 0 aliphatic rings. The Hall–Kier alpha value is -3.70. The number of aromatic amines is 1. The molecule has 3 aromatic rings. The SMILES string of the molecule is COc1ccc(C(F)(F)F)cc1-c1cc(CNC(=O)c2ccccc2OC(F)(F)F)n[nH]1. The molecule has 0 saturated carbocycles. The lowest BCUT2D eigenvalue weighted by atomic mass is 10.1. The van der Waals surface area contributed by atoms with Crippen molar-refractivity contribution in [2.24, 2.45) is 0 Å². The standard InChI is InChI=1S/C20H15F6N3O3/c1-31-16-7-6-11(19(21,22)23)8-14(16)15-9-12(28-29-15)10-27-18(30)13-4-2-3-5-17(13)32-20(24,25)26/h2-9H,10H2,1H3,(H,27,30)(H,28,29). The van der Waals surface area contributed by atoms with Crippen molar-refractivity contribution in [3.63, 3.8) is 0 Å². The first kappa shape index (κ1) is 23.0. The van der Waals surface area contributed by atoms with E-state index in [4.69, 9.17) is 4.74 Å². The van der Waals surface area contributed by atoms with Crippen LogP contribution < -0.4 is 14.8 Å². The second kappa shape index (κ2) is 8.81. The van der Waals surface area contributed by atoms with Gasteiger partial charge in [-0.05, 0) is 36.4 Å². The number of hydrogen-bond acceptors (Lipinski definition) is 4. The molecule has 0 atom stereocenters. The number of rotatable bonds is 6. The number of carbonyl (C=O) groups is 1. The molecule has 0 radical (unpaired) electrons. The van der Waals surface area contributed by atoms with Crippen molar-refractivity contribution in [3.05, 3.63) is 65.4 Å². The zero-order valence-electron chi connectivity index (χ0n) is 16.3. The van der Waals surface area contributed by atoms with Crippen LogP contribution in [0.4, 0.5) is 26.3 Å². The molecule has 32 heavy (non-hydrogen) atoms. The maximum atomic E-state index is 13.0. The van der Waals surface area contributed by atoms with Crippen LogP contribution in [0.3, 0.4) is 0 Å². The number of ether oxygens (including phenoxy) is 2. The first-order valence-corrected chi connectivity index (χ1v) is 8.91. The molecule has 0 spiro atoms. The van der Waals surface area contributed by atoms with Crippen molar-refractivity contribution < 1.29 is 40.6 Å². The van der Waals surface area contributed by atoms with Gasteiger partial charge in [0.05, 0.1) is 36.2 Å². The molecule has 0 unspecified atom stereocenters. The van der Waals surface area contributed by atoms with E-state index in [-0.39, 0.29) is 34.8 Å². The molecule has 2 N–H and O–H groups in total. The first-order valence-electron chi connectivity index (χ1n) is 8.91. The third kappa shape index (κ3) is 5.50. The highest BCUT2D eigenvalue weighted by molar-refractivity contribution is 5.96. The molecule has 1 heterocycles. The van der Waals surface area contributed by atoms with Crippen LogP contribution in [0.2, 0.25) is 0 Å². The summed E-state index contributed by atoms with van der Waals surface area (Å²) in [5.41, 5.74) is -0.726. The van der Waals surface area contributed by atoms with E-state index in [1.165, 1.54) is 25.3 Å². The molecule has 0 bridgehead atoms. The van der Waals surface area contributed by atoms with E-state index in [1.807, 2.05) is 0 Å². The molecule has 1 aromatic heterocycles. The third-order valence-corrected chi connectivity index (χ3v) is 4.24. The van der Waals surface area contributed by atoms with Crippen LogP contribution in [0, 0.1) is 0 Å². The zero-order chi connectivity index (χ0) is 23.5. The predicted octanol–water partition coefficient (Wildman–Crippen LogP) is 4.93. The fourth-order valence-corrected chi connectivity index (χ4v) is 2.82. The maximum absolute atomic E-state index is 13.0. The summed E-state index contributed by atoms with van der Waals surface area (Å²) < 4.78 is 85.6. The number of H-pyrrole nitrogens is 1. The number of methoxy groups -OCH3 is 1. The number of amides is 1. The van der Waals surface area contributed by atoms with Crippen LogP contribution in [0.25, 0.3) is 11.3 Å². The van der Waals surface area contributed by atoms with Crippen LogP contribution in [0.15, 0.2) is 48.5 Å². The lowest BCUT2D eigenvalue weighted by Gasteiger charge is -2.12. The summed E-state index contributed by atoms with van der Waals surface area (Å²) in [6.07, 6.45) is -9.54. The normalized spacial score (nSPS) is 11.8. The second-order valence-electron chi connectivity index (χ2n) is 6.41. The predicted molar refractivity (Wildman–Crippen MR) is 99.9 cm³/mol. The molecule has 170 valence electrons. The smallest absolute Gasteiger partial charge is 0.496 e. The first-order chi connectivity index (χ1) is 15.0. The number of nitrogens with one attached hydrogen (secondary N) is 2. The number of aromatic nitrogens is 2. The Balaban J connectivity index is 1.77. The molecular weight excluding hydrogens is 444 g/mol. The van der Waals surface area contributed by atoms with Crippen LogP contribution in [-0.4, -0.2) is 29.6 Å². The van der Waals surface area contributed by atoms with E-state index in [2.05, 4.69) is 20.3 Å². The Morgan fingerprint density at radius 2 is 1.75 bits per heavy atom. The fraction of sp³-hybridized carbons (Fsp3) is 0.200. The summed E-state index contributed by atoms with van der Waals surface area (Å²) in [6, 6.07) is 9.11. The highest BCUT2D eigenvalue weighted by Gasteiger charge is 2.33. The number of carbonyl (C=O) groups excluding carboxylic acids is 1. The molecule has 6 nitrogen and oxygen atoms in total. The van der Waals surface area contributed by atoms with Gasteiger partial charge in [-0.1, -0.05) is 12.1 Å². The average molecular weight is 459 g/mol. The molecule has 1 amide bonds. The number of alkyl halides is 6. The molecule has 0 saturated heterocycles. The minimum atomic E-state index is -4.97. The van der Waals surface area contributed by atoms with Crippen LogP contribution in [-0.2, 0) is 12.7 Å². The van der Waals surface area contributed by atoms with E-state index < -0.39 is 29.8 Å². The molecule has 0 aliphatic carbocycles. The zero-order valence-corrected chi connectivity index (χ0v) is 16.3. The van der Waals surface area contributed by atoms with Gasteiger partial charge in [-0.2, -0.15) is 18.3 Å². The van der Waals surface area contributed by atoms with Crippen molar-refractivity contribution in [3.8, 4) is 22.8 Å². The topological polar surface area (TPSA) is 76.2 Å². The Labute approximate surface area is 177 Å². The number of para-hydroxylation sites is 1. The Morgan fingerprint density at radius 1 is 1.03 bits per heavy atom. The number of benzene rings is 2. The second-order valence-corrected chi connectivity index (χ2v) is 6.41. The highest BCUT2D eigenvalue weighted by Crippen LogP contribution is 2.36. The van der Waals surface area contributed by atoms with Crippen molar-refractivity contribution in [2.75, 3.05) is 7.11 Å². The monoisotopic (exact) mass is 459 g/mol. The van der Waals surface area contributed by atoms with Crippen molar-refractivity contribution in [1.82, 2.24) is 15.5 Å². The quantitative estimate of drug-likeness (QED) is 0.513. The van der Waals surface area contributed by atoms with Crippen molar-refractivity contribution in [2.45, 2.75) is 19.1 Å². The van der Waals surface area contributed by atoms with E-state index in [0.29, 0.717) is 0 Å². The van der Waals surface area contributed by atoms with Crippen LogP contribution >= 0.6 is 0 Å². The summed E-state index contributed by atoms with van der Waals surface area (Å²) >= 11 is 0. The van der Waals surface area contributed by atoms with E-state index in [9.17, 15) is 31.1 Å². The van der Waals surface area contributed by atoms with Gasteiger partial charge in [0.15, 0.2) is 0 Å².